The Hall–Kier alpha value is -1.22. The van der Waals surface area contributed by atoms with E-state index in [4.69, 9.17) is 35.3 Å². The van der Waals surface area contributed by atoms with Crippen LogP contribution in [0, 0.1) is 6.92 Å². The van der Waals surface area contributed by atoms with Gasteiger partial charge in [0.15, 0.2) is 24.0 Å². The van der Waals surface area contributed by atoms with Gasteiger partial charge in [-0.15, -0.1) is 0 Å². The number of rotatable bonds is 2. The molecular weight excluding hydrogens is 374 g/mol. The number of nitrogens with one attached hydrogen (secondary N) is 1. The van der Waals surface area contributed by atoms with Gasteiger partial charge in [0.1, 0.15) is 18.3 Å². The van der Waals surface area contributed by atoms with Gasteiger partial charge in [-0.1, -0.05) is 17.7 Å². The van der Waals surface area contributed by atoms with Crippen LogP contribution in [0.2, 0.25) is 5.02 Å². The third-order valence-electron chi connectivity index (χ3n) is 4.85. The number of fused-ring (bicyclic) bond motifs is 3. The summed E-state index contributed by atoms with van der Waals surface area (Å²) in [6, 6.07) is 5.33. The average Bonchev–Trinajstić information content (AvgIpc) is 3.04. The van der Waals surface area contributed by atoms with Crippen molar-refractivity contribution in [1.29, 1.82) is 0 Å². The van der Waals surface area contributed by atoms with Gasteiger partial charge in [-0.05, 0) is 52.3 Å². The summed E-state index contributed by atoms with van der Waals surface area (Å²) in [6.07, 6.45) is -3.17. The van der Waals surface area contributed by atoms with Crippen molar-refractivity contribution in [1.82, 2.24) is 0 Å². The molecule has 0 spiro atoms. The molecule has 3 aliphatic heterocycles. The molecule has 4 rings (SSSR count). The number of amides is 1. The van der Waals surface area contributed by atoms with Gasteiger partial charge in [0, 0.05) is 10.7 Å². The van der Waals surface area contributed by atoms with Crippen LogP contribution < -0.4 is 5.32 Å². The summed E-state index contributed by atoms with van der Waals surface area (Å²) in [4.78, 5) is 13.0. The van der Waals surface area contributed by atoms with Gasteiger partial charge in [0.05, 0.1) is 0 Å². The molecule has 5 atom stereocenters. The maximum Gasteiger partial charge on any atom is 0.256 e. The van der Waals surface area contributed by atoms with Crippen molar-refractivity contribution in [2.75, 3.05) is 5.32 Å². The Morgan fingerprint density at radius 2 is 1.63 bits per heavy atom. The number of ether oxygens (including phenoxy) is 5. The van der Waals surface area contributed by atoms with Gasteiger partial charge in [0.2, 0.25) is 0 Å². The van der Waals surface area contributed by atoms with Gasteiger partial charge in [-0.25, -0.2) is 0 Å². The molecule has 0 radical (unpaired) electrons. The van der Waals surface area contributed by atoms with E-state index in [-0.39, 0.29) is 5.91 Å². The molecule has 8 heteroatoms. The molecule has 0 saturated carbocycles. The number of benzene rings is 1. The molecule has 27 heavy (non-hydrogen) atoms. The highest BCUT2D eigenvalue weighted by Crippen LogP contribution is 2.44. The Labute approximate surface area is 163 Å². The smallest absolute Gasteiger partial charge is 0.256 e. The molecule has 1 N–H and O–H groups in total. The number of aryl methyl sites for hydroxylation is 1. The first-order chi connectivity index (χ1) is 12.5. The van der Waals surface area contributed by atoms with E-state index in [1.165, 1.54) is 0 Å². The zero-order chi connectivity index (χ0) is 19.6. The highest BCUT2D eigenvalue weighted by atomic mass is 35.5. The Morgan fingerprint density at radius 3 is 2.33 bits per heavy atom. The third kappa shape index (κ3) is 3.60. The van der Waals surface area contributed by atoms with Crippen LogP contribution in [0.25, 0.3) is 0 Å². The zero-order valence-electron chi connectivity index (χ0n) is 15.9. The Kier molecular flexibility index (Phi) is 4.53. The normalized spacial score (nSPS) is 36.1. The van der Waals surface area contributed by atoms with Crippen LogP contribution in [-0.4, -0.2) is 48.2 Å². The van der Waals surface area contributed by atoms with E-state index in [9.17, 15) is 4.79 Å². The maximum atomic E-state index is 13.0. The molecular formula is C19H24ClNO6. The Bertz CT molecular complexity index is 767. The maximum absolute atomic E-state index is 13.0. The number of carbonyl (C=O) groups excluding carboxylic acids is 1. The lowest BCUT2D eigenvalue weighted by Gasteiger charge is -2.36. The van der Waals surface area contributed by atoms with Gasteiger partial charge in [0.25, 0.3) is 5.91 Å². The van der Waals surface area contributed by atoms with E-state index in [1.54, 1.807) is 39.8 Å². The second kappa shape index (κ2) is 6.40. The van der Waals surface area contributed by atoms with Crippen LogP contribution in [-0.2, 0) is 28.5 Å². The molecule has 0 aliphatic carbocycles. The lowest BCUT2D eigenvalue weighted by Crippen LogP contribution is -2.58. The number of hydrogen-bond donors (Lipinski definition) is 1. The van der Waals surface area contributed by atoms with Crippen LogP contribution in [0.3, 0.4) is 0 Å². The Balaban J connectivity index is 1.57. The molecule has 0 bridgehead atoms. The summed E-state index contributed by atoms with van der Waals surface area (Å²) in [5.74, 6) is -2.03. The lowest BCUT2D eigenvalue weighted by atomic mass is 9.98. The largest absolute Gasteiger partial charge is 0.342 e. The molecule has 7 nitrogen and oxygen atoms in total. The van der Waals surface area contributed by atoms with Crippen molar-refractivity contribution in [2.45, 2.75) is 76.9 Å². The average molecular weight is 398 g/mol. The van der Waals surface area contributed by atoms with E-state index in [0.717, 1.165) is 5.56 Å². The molecule has 0 aromatic heterocycles. The molecule has 3 saturated heterocycles. The standard InChI is InChI=1S/C19H24ClNO6/c1-9-6-7-10(8-11(9)20)21-16(22)14-12-13(25-18(2,3)24-12)15-17(23-14)27-19(4,5)26-15/h6-8,12-15,17H,1-5H3,(H,21,22)/t12-,13+,14-,15-,17+/m1/s1. The van der Waals surface area contributed by atoms with Gasteiger partial charge >= 0.3 is 0 Å². The highest BCUT2D eigenvalue weighted by Gasteiger charge is 2.62. The summed E-state index contributed by atoms with van der Waals surface area (Å²) in [6.45, 7) is 9.10. The van der Waals surface area contributed by atoms with Crippen molar-refractivity contribution in [3.05, 3.63) is 28.8 Å². The SMILES string of the molecule is Cc1ccc(NC(=O)[C@@H]2O[C@H]3OC(C)(C)O[C@@H]3[C@H]3OC(C)(C)O[C@H]32)cc1Cl. The summed E-state index contributed by atoms with van der Waals surface area (Å²) in [5.41, 5.74) is 1.51. The Morgan fingerprint density at radius 1 is 1.00 bits per heavy atom. The van der Waals surface area contributed by atoms with E-state index in [2.05, 4.69) is 5.32 Å². The second-order valence-corrected chi connectivity index (χ2v) is 8.45. The van der Waals surface area contributed by atoms with Crippen molar-refractivity contribution >= 4 is 23.2 Å². The summed E-state index contributed by atoms with van der Waals surface area (Å²) < 4.78 is 29.7. The molecule has 3 heterocycles. The third-order valence-corrected chi connectivity index (χ3v) is 5.26. The van der Waals surface area contributed by atoms with Crippen LogP contribution >= 0.6 is 11.6 Å². The first-order valence-corrected chi connectivity index (χ1v) is 9.36. The number of hydrogen-bond acceptors (Lipinski definition) is 6. The van der Waals surface area contributed by atoms with E-state index >= 15 is 0 Å². The van der Waals surface area contributed by atoms with E-state index in [1.807, 2.05) is 13.0 Å². The first-order valence-electron chi connectivity index (χ1n) is 8.98. The summed E-state index contributed by atoms with van der Waals surface area (Å²) in [5, 5.41) is 3.42. The first kappa shape index (κ1) is 19.1. The van der Waals surface area contributed by atoms with Crippen LogP contribution in [0.5, 0.6) is 0 Å². The highest BCUT2D eigenvalue weighted by molar-refractivity contribution is 6.31. The van der Waals surface area contributed by atoms with Crippen LogP contribution in [0.1, 0.15) is 33.3 Å². The number of halogens is 1. The van der Waals surface area contributed by atoms with Crippen LogP contribution in [0.4, 0.5) is 5.69 Å². The number of carbonyl (C=O) groups is 1. The topological polar surface area (TPSA) is 75.3 Å². The van der Waals surface area contributed by atoms with Crippen molar-refractivity contribution in [2.24, 2.45) is 0 Å². The molecule has 148 valence electrons. The predicted octanol–water partition coefficient (Wildman–Crippen LogP) is 2.98. The van der Waals surface area contributed by atoms with Gasteiger partial charge in [-0.3, -0.25) is 4.79 Å². The van der Waals surface area contributed by atoms with Crippen LogP contribution in [0.15, 0.2) is 18.2 Å². The minimum atomic E-state index is -0.907. The molecule has 3 fully saturated rings. The fraction of sp³-hybridized carbons (Fsp3) is 0.632. The fourth-order valence-electron chi connectivity index (χ4n) is 3.71. The van der Waals surface area contributed by atoms with Crippen molar-refractivity contribution < 1.29 is 28.5 Å². The lowest BCUT2D eigenvalue weighted by molar-refractivity contribution is -0.229. The second-order valence-electron chi connectivity index (χ2n) is 8.04. The molecule has 0 unspecified atom stereocenters. The zero-order valence-corrected chi connectivity index (χ0v) is 16.7. The summed E-state index contributed by atoms with van der Waals surface area (Å²) in [7, 11) is 0. The fourth-order valence-corrected chi connectivity index (χ4v) is 3.89. The van der Waals surface area contributed by atoms with Gasteiger partial charge < -0.3 is 29.0 Å². The molecule has 1 aromatic carbocycles. The molecule has 1 amide bonds. The van der Waals surface area contributed by atoms with E-state index < -0.39 is 42.3 Å². The quantitative estimate of drug-likeness (QED) is 0.826. The minimum absolute atomic E-state index is 0.349. The van der Waals surface area contributed by atoms with Gasteiger partial charge in [-0.2, -0.15) is 0 Å². The molecule has 3 aliphatic rings. The monoisotopic (exact) mass is 397 g/mol. The van der Waals surface area contributed by atoms with E-state index in [0.29, 0.717) is 10.7 Å². The van der Waals surface area contributed by atoms with Crippen molar-refractivity contribution in [3.63, 3.8) is 0 Å². The van der Waals surface area contributed by atoms with Crippen molar-refractivity contribution in [3.8, 4) is 0 Å². The molecule has 1 aromatic rings. The summed E-state index contributed by atoms with van der Waals surface area (Å²) >= 11 is 6.15. The number of anilines is 1. The minimum Gasteiger partial charge on any atom is -0.342 e. The predicted molar refractivity (Wildman–Crippen MR) is 97.3 cm³/mol.